The highest BCUT2D eigenvalue weighted by atomic mass is 19.1. The van der Waals surface area contributed by atoms with Crippen molar-refractivity contribution in [3.8, 4) is 0 Å². The third kappa shape index (κ3) is 1.87. The van der Waals surface area contributed by atoms with Gasteiger partial charge in [-0.05, 0) is 12.1 Å². The van der Waals surface area contributed by atoms with Gasteiger partial charge >= 0.3 is 0 Å². The molecule has 0 saturated carbocycles. The van der Waals surface area contributed by atoms with Crippen LogP contribution >= 0.6 is 0 Å². The molecule has 3 saturated heterocycles. The van der Waals surface area contributed by atoms with Crippen LogP contribution in [0.4, 0.5) is 4.39 Å². The first-order valence-electron chi connectivity index (χ1n) is 6.01. The molecule has 3 aliphatic heterocycles. The molecule has 0 N–H and O–H groups in total. The van der Waals surface area contributed by atoms with Gasteiger partial charge < -0.3 is 0 Å². The van der Waals surface area contributed by atoms with Crippen LogP contribution in [0.15, 0.2) is 24.3 Å². The summed E-state index contributed by atoms with van der Waals surface area (Å²) in [4.78, 5) is 16.8. The summed E-state index contributed by atoms with van der Waals surface area (Å²) in [5.74, 6) is -0.484. The Morgan fingerprint density at radius 3 is 2.47 bits per heavy atom. The number of carbonyl (C=O) groups is 1. The van der Waals surface area contributed by atoms with E-state index in [0.717, 1.165) is 32.7 Å². The molecule has 3 heterocycles. The van der Waals surface area contributed by atoms with Crippen LogP contribution in [0.25, 0.3) is 0 Å². The largest absolute Gasteiger partial charge is 0.299 e. The topological polar surface area (TPSA) is 23.6 Å². The molecule has 17 heavy (non-hydrogen) atoms. The molecule has 2 bridgehead atoms. The van der Waals surface area contributed by atoms with Crippen LogP contribution in [0.1, 0.15) is 10.4 Å². The average molecular weight is 234 g/mol. The number of nitrogens with zero attached hydrogens (tertiary/aromatic N) is 2. The van der Waals surface area contributed by atoms with Crippen molar-refractivity contribution in [2.24, 2.45) is 0 Å². The Bertz CT molecular complexity index is 441. The number of rotatable bonds is 2. The van der Waals surface area contributed by atoms with Gasteiger partial charge in [0.15, 0.2) is 5.78 Å². The molecule has 0 amide bonds. The standard InChI is InChI=1S/C13H15FN2O/c14-11-4-2-1-3-10(11)13(17)12-9-15-5-7-16(12)8-6-15/h1-4,12H,5-9H2. The summed E-state index contributed by atoms with van der Waals surface area (Å²) in [7, 11) is 0. The lowest BCUT2D eigenvalue weighted by atomic mass is 9.98. The lowest BCUT2D eigenvalue weighted by Crippen LogP contribution is -2.63. The van der Waals surface area contributed by atoms with Crippen LogP contribution in [0.3, 0.4) is 0 Å². The zero-order valence-electron chi connectivity index (χ0n) is 9.60. The van der Waals surface area contributed by atoms with Gasteiger partial charge in [-0.15, -0.1) is 0 Å². The Balaban J connectivity index is 1.85. The van der Waals surface area contributed by atoms with Crippen molar-refractivity contribution in [3.05, 3.63) is 35.6 Å². The molecule has 0 aromatic heterocycles. The van der Waals surface area contributed by atoms with Crippen molar-refractivity contribution in [2.45, 2.75) is 6.04 Å². The predicted molar refractivity (Wildman–Crippen MR) is 62.5 cm³/mol. The predicted octanol–water partition coefficient (Wildman–Crippen LogP) is 1.01. The van der Waals surface area contributed by atoms with Crippen molar-refractivity contribution in [1.82, 2.24) is 9.80 Å². The van der Waals surface area contributed by atoms with Gasteiger partial charge in [-0.2, -0.15) is 0 Å². The first kappa shape index (κ1) is 10.9. The van der Waals surface area contributed by atoms with Crippen LogP contribution in [0.5, 0.6) is 0 Å². The second kappa shape index (κ2) is 4.20. The van der Waals surface area contributed by atoms with Gasteiger partial charge in [-0.1, -0.05) is 12.1 Å². The highest BCUT2D eigenvalue weighted by Crippen LogP contribution is 2.20. The van der Waals surface area contributed by atoms with Crippen molar-refractivity contribution in [3.63, 3.8) is 0 Å². The molecule has 3 aliphatic rings. The van der Waals surface area contributed by atoms with Crippen LogP contribution in [0, 0.1) is 5.82 Å². The van der Waals surface area contributed by atoms with Crippen molar-refractivity contribution >= 4 is 5.78 Å². The van der Waals surface area contributed by atoms with E-state index >= 15 is 0 Å². The summed E-state index contributed by atoms with van der Waals surface area (Å²) in [5, 5.41) is 0. The zero-order valence-corrected chi connectivity index (χ0v) is 9.60. The van der Waals surface area contributed by atoms with Gasteiger partial charge in [-0.3, -0.25) is 14.6 Å². The van der Waals surface area contributed by atoms with E-state index in [1.54, 1.807) is 18.2 Å². The number of Topliss-reactive ketones (excluding diaryl/α,β-unsaturated/α-hetero) is 1. The Hall–Kier alpha value is -1.26. The van der Waals surface area contributed by atoms with Crippen molar-refractivity contribution < 1.29 is 9.18 Å². The average Bonchev–Trinajstić information content (AvgIpc) is 2.40. The van der Waals surface area contributed by atoms with Crippen LogP contribution in [-0.2, 0) is 0 Å². The van der Waals surface area contributed by atoms with Crippen molar-refractivity contribution in [2.75, 3.05) is 32.7 Å². The van der Waals surface area contributed by atoms with E-state index in [2.05, 4.69) is 9.80 Å². The molecule has 4 heteroatoms. The zero-order chi connectivity index (χ0) is 11.8. The van der Waals surface area contributed by atoms with E-state index in [0.29, 0.717) is 0 Å². The maximum Gasteiger partial charge on any atom is 0.184 e. The quantitative estimate of drug-likeness (QED) is 0.713. The Labute approximate surface area is 99.8 Å². The van der Waals surface area contributed by atoms with E-state index in [-0.39, 0.29) is 17.4 Å². The monoisotopic (exact) mass is 234 g/mol. The maximum absolute atomic E-state index is 13.6. The molecule has 1 aromatic rings. The first-order valence-corrected chi connectivity index (χ1v) is 6.01. The summed E-state index contributed by atoms with van der Waals surface area (Å²) in [6.07, 6.45) is 0. The van der Waals surface area contributed by atoms with Gasteiger partial charge in [0.1, 0.15) is 5.82 Å². The minimum atomic E-state index is -0.407. The number of carbonyl (C=O) groups excluding carboxylic acids is 1. The normalized spacial score (nSPS) is 31.5. The molecule has 0 aliphatic carbocycles. The van der Waals surface area contributed by atoms with Gasteiger partial charge in [0.25, 0.3) is 0 Å². The molecular formula is C13H15FN2O. The smallest absolute Gasteiger partial charge is 0.184 e. The number of fused-ring (bicyclic) bond motifs is 3. The summed E-state index contributed by atoms with van der Waals surface area (Å²) in [5.41, 5.74) is 0.228. The third-order valence-corrected chi connectivity index (χ3v) is 3.72. The van der Waals surface area contributed by atoms with E-state index in [1.807, 2.05) is 0 Å². The molecule has 1 aromatic carbocycles. The molecule has 3 fully saturated rings. The van der Waals surface area contributed by atoms with E-state index in [4.69, 9.17) is 0 Å². The second-order valence-electron chi connectivity index (χ2n) is 4.70. The summed E-state index contributed by atoms with van der Waals surface area (Å²) < 4.78 is 13.6. The molecular weight excluding hydrogens is 219 g/mol. The van der Waals surface area contributed by atoms with Gasteiger partial charge in [0.05, 0.1) is 11.6 Å². The number of hydrogen-bond acceptors (Lipinski definition) is 3. The Morgan fingerprint density at radius 1 is 1.18 bits per heavy atom. The highest BCUT2D eigenvalue weighted by Gasteiger charge is 2.37. The number of ketones is 1. The molecule has 90 valence electrons. The fourth-order valence-corrected chi connectivity index (χ4v) is 2.71. The van der Waals surface area contributed by atoms with E-state index in [9.17, 15) is 9.18 Å². The summed E-state index contributed by atoms with van der Waals surface area (Å²) >= 11 is 0. The van der Waals surface area contributed by atoms with E-state index in [1.165, 1.54) is 6.07 Å². The number of hydrogen-bond donors (Lipinski definition) is 0. The number of halogens is 1. The molecule has 0 spiro atoms. The molecule has 1 atom stereocenters. The third-order valence-electron chi connectivity index (χ3n) is 3.72. The lowest BCUT2D eigenvalue weighted by Gasteiger charge is -2.46. The van der Waals surface area contributed by atoms with Gasteiger partial charge in [0, 0.05) is 32.7 Å². The minimum Gasteiger partial charge on any atom is -0.299 e. The summed E-state index contributed by atoms with van der Waals surface area (Å²) in [6, 6.07) is 6.10. The molecule has 0 radical (unpaired) electrons. The number of piperazine rings is 3. The lowest BCUT2D eigenvalue weighted by molar-refractivity contribution is 0.0157. The molecule has 3 nitrogen and oxygen atoms in total. The number of benzene rings is 1. The fraction of sp³-hybridized carbons (Fsp3) is 0.462. The Kier molecular flexibility index (Phi) is 2.68. The van der Waals surface area contributed by atoms with Crippen LogP contribution in [-0.4, -0.2) is 54.3 Å². The van der Waals surface area contributed by atoms with Gasteiger partial charge in [-0.25, -0.2) is 4.39 Å². The second-order valence-corrected chi connectivity index (χ2v) is 4.70. The van der Waals surface area contributed by atoms with Crippen LogP contribution < -0.4 is 0 Å². The molecule has 1 unspecified atom stereocenters. The first-order chi connectivity index (χ1) is 8.25. The maximum atomic E-state index is 13.6. The fourth-order valence-electron chi connectivity index (χ4n) is 2.71. The van der Waals surface area contributed by atoms with E-state index < -0.39 is 5.82 Å². The van der Waals surface area contributed by atoms with Gasteiger partial charge in [0.2, 0.25) is 0 Å². The highest BCUT2D eigenvalue weighted by molar-refractivity contribution is 6.00. The summed E-state index contributed by atoms with van der Waals surface area (Å²) in [6.45, 7) is 4.64. The minimum absolute atomic E-state index is 0.0764. The van der Waals surface area contributed by atoms with Crippen LogP contribution in [0.2, 0.25) is 0 Å². The Morgan fingerprint density at radius 2 is 1.88 bits per heavy atom. The SMILES string of the molecule is O=C(c1ccccc1F)C1CN2CCN1CC2. The molecule has 4 rings (SSSR count). The van der Waals surface area contributed by atoms with Crippen molar-refractivity contribution in [1.29, 1.82) is 0 Å².